The molecule has 0 unspecified atom stereocenters. The Morgan fingerprint density at radius 1 is 1.35 bits per heavy atom. The van der Waals surface area contributed by atoms with Gasteiger partial charge in [0.1, 0.15) is 17.7 Å². The minimum absolute atomic E-state index is 0.295. The lowest BCUT2D eigenvalue weighted by Crippen LogP contribution is -2.45. The van der Waals surface area contributed by atoms with E-state index in [4.69, 9.17) is 10.00 Å². The zero-order chi connectivity index (χ0) is 17.0. The van der Waals surface area contributed by atoms with Crippen LogP contribution < -0.4 is 5.32 Å². The Hall–Kier alpha value is -2.55. The van der Waals surface area contributed by atoms with Gasteiger partial charge >= 0.3 is 6.09 Å². The predicted molar refractivity (Wildman–Crippen MR) is 85.7 cm³/mol. The Bertz CT molecular complexity index is 643. The van der Waals surface area contributed by atoms with E-state index < -0.39 is 17.7 Å². The first kappa shape index (κ1) is 16.8. The molecular formula is C17H21N3O3. The van der Waals surface area contributed by atoms with E-state index in [1.807, 2.05) is 6.07 Å². The largest absolute Gasteiger partial charge is 0.444 e. The van der Waals surface area contributed by atoms with Crippen LogP contribution in [-0.4, -0.2) is 35.1 Å². The summed E-state index contributed by atoms with van der Waals surface area (Å²) >= 11 is 0. The van der Waals surface area contributed by atoms with Crippen LogP contribution in [0.25, 0.3) is 0 Å². The average Bonchev–Trinajstić information content (AvgIpc) is 2.95. The number of benzene rings is 1. The molecule has 1 fully saturated rings. The molecule has 1 aliphatic heterocycles. The third-order valence-corrected chi connectivity index (χ3v) is 3.49. The van der Waals surface area contributed by atoms with E-state index in [0.717, 1.165) is 6.42 Å². The molecule has 2 rings (SSSR count). The van der Waals surface area contributed by atoms with E-state index in [2.05, 4.69) is 5.32 Å². The highest BCUT2D eigenvalue weighted by Crippen LogP contribution is 2.23. The summed E-state index contributed by atoms with van der Waals surface area (Å²) < 4.78 is 5.35. The summed E-state index contributed by atoms with van der Waals surface area (Å²) in [6.07, 6.45) is 0.848. The molecule has 1 aromatic rings. The maximum Gasteiger partial charge on any atom is 0.410 e. The molecule has 6 heteroatoms. The fourth-order valence-electron chi connectivity index (χ4n) is 2.48. The molecule has 0 bridgehead atoms. The van der Waals surface area contributed by atoms with Crippen molar-refractivity contribution in [1.82, 2.24) is 4.90 Å². The van der Waals surface area contributed by atoms with Crippen LogP contribution in [0.1, 0.15) is 39.2 Å². The van der Waals surface area contributed by atoms with Crippen molar-refractivity contribution in [2.24, 2.45) is 0 Å². The van der Waals surface area contributed by atoms with Gasteiger partial charge in [0.2, 0.25) is 5.91 Å². The molecule has 1 heterocycles. The number of nitriles is 1. The van der Waals surface area contributed by atoms with Gasteiger partial charge < -0.3 is 10.1 Å². The van der Waals surface area contributed by atoms with Gasteiger partial charge in [-0.2, -0.15) is 5.26 Å². The van der Waals surface area contributed by atoms with Crippen LogP contribution in [0.4, 0.5) is 10.5 Å². The summed E-state index contributed by atoms with van der Waals surface area (Å²) in [5, 5.41) is 11.8. The van der Waals surface area contributed by atoms with Crippen molar-refractivity contribution in [3.63, 3.8) is 0 Å². The number of nitrogens with one attached hydrogen (secondary N) is 1. The number of carbonyl (C=O) groups is 2. The number of hydrogen-bond donors (Lipinski definition) is 1. The van der Waals surface area contributed by atoms with Crippen LogP contribution in [0.2, 0.25) is 0 Å². The van der Waals surface area contributed by atoms with E-state index in [1.165, 1.54) is 4.90 Å². The second-order valence-corrected chi connectivity index (χ2v) is 6.48. The van der Waals surface area contributed by atoms with E-state index in [9.17, 15) is 9.59 Å². The van der Waals surface area contributed by atoms with Crippen molar-refractivity contribution < 1.29 is 14.3 Å². The summed E-state index contributed by atoms with van der Waals surface area (Å²) in [6, 6.07) is 8.25. The smallest absolute Gasteiger partial charge is 0.410 e. The first-order valence-corrected chi connectivity index (χ1v) is 7.61. The Kier molecular flexibility index (Phi) is 4.89. The summed E-state index contributed by atoms with van der Waals surface area (Å²) in [6.45, 7) is 5.87. The SMILES string of the molecule is CC(C)(C)OC(=O)N1CCC[C@H]1C(=O)Nc1ccccc1C#N. The van der Waals surface area contributed by atoms with E-state index in [1.54, 1.807) is 45.0 Å². The van der Waals surface area contributed by atoms with Crippen LogP contribution in [-0.2, 0) is 9.53 Å². The number of likely N-dealkylation sites (tertiary alicyclic amines) is 1. The Morgan fingerprint density at radius 3 is 2.70 bits per heavy atom. The van der Waals surface area contributed by atoms with Gasteiger partial charge in [0, 0.05) is 6.54 Å². The Labute approximate surface area is 136 Å². The molecule has 1 saturated heterocycles. The Balaban J connectivity index is 2.09. The van der Waals surface area contributed by atoms with E-state index in [-0.39, 0.29) is 5.91 Å². The van der Waals surface area contributed by atoms with Crippen molar-refractivity contribution in [3.05, 3.63) is 29.8 Å². The van der Waals surface area contributed by atoms with E-state index >= 15 is 0 Å². The normalized spacial score (nSPS) is 17.5. The van der Waals surface area contributed by atoms with Gasteiger partial charge in [0.15, 0.2) is 0 Å². The van der Waals surface area contributed by atoms with Crippen molar-refractivity contribution in [1.29, 1.82) is 5.26 Å². The van der Waals surface area contributed by atoms with Crippen molar-refractivity contribution in [2.45, 2.75) is 45.3 Å². The van der Waals surface area contributed by atoms with Crippen LogP contribution >= 0.6 is 0 Å². The average molecular weight is 315 g/mol. The molecule has 0 spiro atoms. The second kappa shape index (κ2) is 6.69. The summed E-state index contributed by atoms with van der Waals surface area (Å²) in [4.78, 5) is 26.2. The van der Waals surface area contributed by atoms with Gasteiger partial charge in [-0.3, -0.25) is 9.69 Å². The second-order valence-electron chi connectivity index (χ2n) is 6.48. The monoisotopic (exact) mass is 315 g/mol. The van der Waals surface area contributed by atoms with Crippen LogP contribution in [0, 0.1) is 11.3 Å². The minimum Gasteiger partial charge on any atom is -0.444 e. The predicted octanol–water partition coefficient (Wildman–Crippen LogP) is 2.90. The number of amides is 2. The van der Waals surface area contributed by atoms with Gasteiger partial charge in [-0.1, -0.05) is 12.1 Å². The summed E-state index contributed by atoms with van der Waals surface area (Å²) in [5.74, 6) is -0.295. The number of para-hydroxylation sites is 1. The van der Waals surface area contributed by atoms with Crippen LogP contribution in [0.3, 0.4) is 0 Å². The maximum absolute atomic E-state index is 12.5. The molecule has 0 radical (unpaired) electrons. The zero-order valence-corrected chi connectivity index (χ0v) is 13.6. The van der Waals surface area contributed by atoms with Gasteiger partial charge in [0.25, 0.3) is 0 Å². The van der Waals surface area contributed by atoms with Gasteiger partial charge in [-0.25, -0.2) is 4.79 Å². The van der Waals surface area contributed by atoms with Crippen LogP contribution in [0.15, 0.2) is 24.3 Å². The molecule has 23 heavy (non-hydrogen) atoms. The summed E-state index contributed by atoms with van der Waals surface area (Å²) in [5.41, 5.74) is 0.243. The molecule has 1 N–H and O–H groups in total. The number of rotatable bonds is 2. The molecule has 0 aromatic heterocycles. The molecule has 0 saturated carbocycles. The number of anilines is 1. The lowest BCUT2D eigenvalue weighted by atomic mass is 10.1. The van der Waals surface area contributed by atoms with Crippen molar-refractivity contribution in [3.8, 4) is 6.07 Å². The Morgan fingerprint density at radius 2 is 2.04 bits per heavy atom. The zero-order valence-electron chi connectivity index (χ0n) is 13.6. The van der Waals surface area contributed by atoms with Gasteiger partial charge in [-0.05, 0) is 45.7 Å². The van der Waals surface area contributed by atoms with Crippen molar-refractivity contribution >= 4 is 17.7 Å². The quantitative estimate of drug-likeness (QED) is 0.909. The fraction of sp³-hybridized carbons (Fsp3) is 0.471. The first-order chi connectivity index (χ1) is 10.8. The molecular weight excluding hydrogens is 294 g/mol. The lowest BCUT2D eigenvalue weighted by molar-refractivity contribution is -0.120. The molecule has 1 atom stereocenters. The summed E-state index contributed by atoms with van der Waals surface area (Å²) in [7, 11) is 0. The maximum atomic E-state index is 12.5. The molecule has 122 valence electrons. The van der Waals surface area contributed by atoms with Crippen molar-refractivity contribution in [2.75, 3.05) is 11.9 Å². The lowest BCUT2D eigenvalue weighted by Gasteiger charge is -2.28. The van der Waals surface area contributed by atoms with Gasteiger partial charge in [-0.15, -0.1) is 0 Å². The number of nitrogens with zero attached hydrogens (tertiary/aromatic N) is 2. The molecule has 0 aliphatic carbocycles. The standard InChI is InChI=1S/C17H21N3O3/c1-17(2,3)23-16(22)20-10-6-9-14(20)15(21)19-13-8-5-4-7-12(13)11-18/h4-5,7-8,14H,6,9-10H2,1-3H3,(H,19,21)/t14-/m0/s1. The molecule has 1 aliphatic rings. The highest BCUT2D eigenvalue weighted by molar-refractivity contribution is 5.97. The fourth-order valence-corrected chi connectivity index (χ4v) is 2.48. The third kappa shape index (κ3) is 4.22. The molecule has 1 aromatic carbocycles. The number of carbonyl (C=O) groups excluding carboxylic acids is 2. The minimum atomic E-state index is -0.603. The van der Waals surface area contributed by atoms with E-state index in [0.29, 0.717) is 24.2 Å². The van der Waals surface area contributed by atoms with Crippen LogP contribution in [0.5, 0.6) is 0 Å². The first-order valence-electron chi connectivity index (χ1n) is 7.61. The molecule has 2 amide bonds. The third-order valence-electron chi connectivity index (χ3n) is 3.49. The molecule has 6 nitrogen and oxygen atoms in total. The highest BCUT2D eigenvalue weighted by atomic mass is 16.6. The number of ether oxygens (including phenoxy) is 1. The highest BCUT2D eigenvalue weighted by Gasteiger charge is 2.36. The van der Waals surface area contributed by atoms with Gasteiger partial charge in [0.05, 0.1) is 11.3 Å². The topological polar surface area (TPSA) is 82.4 Å². The number of hydrogen-bond acceptors (Lipinski definition) is 4.